The molecule has 6 rings (SSSR count). The van der Waals surface area contributed by atoms with Gasteiger partial charge in [0.2, 0.25) is 5.69 Å². The molecule has 0 aliphatic carbocycles. The molecule has 5 aromatic rings. The summed E-state index contributed by atoms with van der Waals surface area (Å²) in [7, 11) is 0. The summed E-state index contributed by atoms with van der Waals surface area (Å²) in [6.45, 7) is 0.901. The molecule has 0 spiro atoms. The monoisotopic (exact) mass is 323 g/mol. The molecule has 0 amide bonds. The molecule has 118 valence electrons. The molecular weight excluding hydrogens is 308 g/mol. The highest BCUT2D eigenvalue weighted by molar-refractivity contribution is 5.89. The van der Waals surface area contributed by atoms with Crippen molar-refractivity contribution in [2.24, 2.45) is 0 Å². The fourth-order valence-electron chi connectivity index (χ4n) is 4.05. The Hall–Kier alpha value is -3.40. The minimum atomic E-state index is 0.901. The average Bonchev–Trinajstić information content (AvgIpc) is 3.29. The zero-order valence-electron chi connectivity index (χ0n) is 13.5. The van der Waals surface area contributed by atoms with E-state index in [0.29, 0.717) is 0 Å². The molecule has 0 unspecified atom stereocenters. The van der Waals surface area contributed by atoms with E-state index in [0.717, 1.165) is 6.54 Å². The predicted octanol–water partition coefficient (Wildman–Crippen LogP) is 3.59. The fourth-order valence-corrected chi connectivity index (χ4v) is 4.05. The van der Waals surface area contributed by atoms with Gasteiger partial charge in [0.15, 0.2) is 5.52 Å². The summed E-state index contributed by atoms with van der Waals surface area (Å²) in [6, 6.07) is 21.3. The zero-order chi connectivity index (χ0) is 16.4. The Morgan fingerprint density at radius 1 is 0.880 bits per heavy atom. The van der Waals surface area contributed by atoms with Crippen molar-refractivity contribution in [3.63, 3.8) is 0 Å². The molecule has 0 N–H and O–H groups in total. The van der Waals surface area contributed by atoms with Gasteiger partial charge in [0.25, 0.3) is 12.0 Å². The number of benzene rings is 2. The number of rotatable bonds is 1. The van der Waals surface area contributed by atoms with Gasteiger partial charge in [-0.1, -0.05) is 30.3 Å². The first-order valence-corrected chi connectivity index (χ1v) is 8.44. The predicted molar refractivity (Wildman–Crippen MR) is 96.8 cm³/mol. The van der Waals surface area contributed by atoms with Crippen molar-refractivity contribution in [3.8, 4) is 16.9 Å². The lowest BCUT2D eigenvalue weighted by Crippen LogP contribution is -2.29. The van der Waals surface area contributed by atoms with E-state index in [4.69, 9.17) is 0 Å². The third kappa shape index (κ3) is 1.61. The number of para-hydroxylation sites is 3. The molecule has 4 nitrogen and oxygen atoms in total. The Morgan fingerprint density at radius 3 is 2.56 bits per heavy atom. The van der Waals surface area contributed by atoms with Crippen molar-refractivity contribution >= 4 is 16.7 Å². The second kappa shape index (κ2) is 4.57. The van der Waals surface area contributed by atoms with Gasteiger partial charge in [0.05, 0.1) is 11.1 Å². The smallest absolute Gasteiger partial charge is 0.260 e. The van der Waals surface area contributed by atoms with Crippen LogP contribution in [-0.2, 0) is 6.54 Å². The molecule has 4 heteroatoms. The first kappa shape index (κ1) is 13.0. The van der Waals surface area contributed by atoms with Crippen LogP contribution in [0.5, 0.6) is 0 Å². The Labute approximate surface area is 144 Å². The maximum atomic E-state index is 4.37. The number of hydrogen-bond donors (Lipinski definition) is 0. The first-order valence-electron chi connectivity index (χ1n) is 8.44. The highest BCUT2D eigenvalue weighted by atomic mass is 15.2. The third-order valence-electron chi connectivity index (χ3n) is 5.10. The number of imidazole rings is 2. The van der Waals surface area contributed by atoms with Crippen LogP contribution in [0, 0.1) is 0 Å². The maximum Gasteiger partial charge on any atom is 0.260 e. The van der Waals surface area contributed by atoms with Crippen molar-refractivity contribution in [3.05, 3.63) is 84.9 Å². The van der Waals surface area contributed by atoms with E-state index in [-0.39, 0.29) is 0 Å². The van der Waals surface area contributed by atoms with Crippen LogP contribution in [0.2, 0.25) is 0 Å². The summed E-state index contributed by atoms with van der Waals surface area (Å²) < 4.78 is 6.98. The van der Waals surface area contributed by atoms with Crippen molar-refractivity contribution in [1.29, 1.82) is 0 Å². The lowest BCUT2D eigenvalue weighted by atomic mass is 10.1. The Balaban J connectivity index is 1.84. The molecule has 0 bridgehead atoms. The molecule has 0 fully saturated rings. The van der Waals surface area contributed by atoms with Gasteiger partial charge in [-0.15, -0.1) is 0 Å². The van der Waals surface area contributed by atoms with Crippen LogP contribution in [0.15, 0.2) is 79.4 Å². The molecule has 4 heterocycles. The van der Waals surface area contributed by atoms with E-state index in [2.05, 4.69) is 85.5 Å². The van der Waals surface area contributed by atoms with Crippen LogP contribution in [0.4, 0.5) is 0 Å². The molecule has 0 atom stereocenters. The van der Waals surface area contributed by atoms with Crippen molar-refractivity contribution in [1.82, 2.24) is 14.0 Å². The van der Waals surface area contributed by atoms with Crippen LogP contribution >= 0.6 is 0 Å². The van der Waals surface area contributed by atoms with E-state index >= 15 is 0 Å². The Bertz CT molecular complexity index is 1260. The lowest BCUT2D eigenvalue weighted by molar-refractivity contribution is -0.671. The van der Waals surface area contributed by atoms with E-state index in [9.17, 15) is 0 Å². The molecule has 0 saturated carbocycles. The molecule has 0 radical (unpaired) electrons. The lowest BCUT2D eigenvalue weighted by Gasteiger charge is -2.04. The second-order valence-corrected chi connectivity index (χ2v) is 6.48. The van der Waals surface area contributed by atoms with E-state index < -0.39 is 0 Å². The Morgan fingerprint density at radius 2 is 1.68 bits per heavy atom. The number of aromatic nitrogens is 4. The molecule has 0 saturated heterocycles. The van der Waals surface area contributed by atoms with Crippen molar-refractivity contribution in [2.75, 3.05) is 0 Å². The number of hydrogen-bond acceptors (Lipinski definition) is 1. The zero-order valence-corrected chi connectivity index (χ0v) is 13.5. The van der Waals surface area contributed by atoms with Gasteiger partial charge < -0.3 is 0 Å². The van der Waals surface area contributed by atoms with Gasteiger partial charge in [0, 0.05) is 23.6 Å². The third-order valence-corrected chi connectivity index (χ3v) is 5.10. The highest BCUT2D eigenvalue weighted by Crippen LogP contribution is 2.34. The maximum absolute atomic E-state index is 4.37. The van der Waals surface area contributed by atoms with Gasteiger partial charge in [-0.3, -0.25) is 9.55 Å². The van der Waals surface area contributed by atoms with Crippen LogP contribution in [0.3, 0.4) is 0 Å². The van der Waals surface area contributed by atoms with Crippen molar-refractivity contribution < 1.29 is 4.57 Å². The van der Waals surface area contributed by atoms with Crippen LogP contribution in [0.1, 0.15) is 5.56 Å². The summed E-state index contributed by atoms with van der Waals surface area (Å²) in [5, 5.41) is 0. The topological polar surface area (TPSA) is 26.1 Å². The van der Waals surface area contributed by atoms with E-state index in [1.807, 2.05) is 12.4 Å². The van der Waals surface area contributed by atoms with Crippen molar-refractivity contribution in [2.45, 2.75) is 6.54 Å². The molecule has 1 aliphatic rings. The standard InChI is InChI=1S/C21H15N4/c1-2-6-16(7-3-1)25-19-9-5-4-8-18(19)24-14-23-13-15-10-11-22-12-17(15)20(23)21(24)25/h1-12,14H,13H2/q+1. The molecule has 2 aromatic carbocycles. The summed E-state index contributed by atoms with van der Waals surface area (Å²) in [6.07, 6.45) is 6.08. The van der Waals surface area contributed by atoms with Gasteiger partial charge >= 0.3 is 0 Å². The molecule has 1 aliphatic heterocycles. The fraction of sp³-hybridized carbons (Fsp3) is 0.0476. The number of pyridine rings is 1. The normalized spacial score (nSPS) is 12.6. The summed E-state index contributed by atoms with van der Waals surface area (Å²) in [5.41, 5.74) is 8.59. The Kier molecular flexibility index (Phi) is 2.37. The van der Waals surface area contributed by atoms with Crippen LogP contribution in [0.25, 0.3) is 33.6 Å². The summed E-state index contributed by atoms with van der Waals surface area (Å²) >= 11 is 0. The van der Waals surface area contributed by atoms with Gasteiger partial charge in [-0.05, 0) is 30.3 Å². The van der Waals surface area contributed by atoms with Crippen LogP contribution < -0.4 is 4.57 Å². The van der Waals surface area contributed by atoms with E-state index in [1.165, 1.54) is 39.2 Å². The molecular formula is C21H15N4+. The minimum absolute atomic E-state index is 0.901. The average molecular weight is 323 g/mol. The quantitative estimate of drug-likeness (QED) is 0.425. The first-order chi connectivity index (χ1) is 12.4. The van der Waals surface area contributed by atoms with Crippen LogP contribution in [-0.4, -0.2) is 14.0 Å². The minimum Gasteiger partial charge on any atom is -0.269 e. The number of fused-ring (bicyclic) bond motifs is 7. The highest BCUT2D eigenvalue weighted by Gasteiger charge is 2.33. The summed E-state index contributed by atoms with van der Waals surface area (Å²) in [5.74, 6) is 0. The second-order valence-electron chi connectivity index (χ2n) is 6.48. The van der Waals surface area contributed by atoms with Gasteiger partial charge in [-0.2, -0.15) is 4.40 Å². The van der Waals surface area contributed by atoms with Gasteiger partial charge in [-0.25, -0.2) is 4.57 Å². The molecule has 3 aromatic heterocycles. The SMILES string of the molecule is c1ccc(-n2c3ccccc3n3c[n+]4c(c23)-c2cnccc2C4)cc1. The number of nitrogens with zero attached hydrogens (tertiary/aromatic N) is 4. The van der Waals surface area contributed by atoms with Gasteiger partial charge in [0.1, 0.15) is 6.54 Å². The molecule has 25 heavy (non-hydrogen) atoms. The largest absolute Gasteiger partial charge is 0.269 e. The summed E-state index contributed by atoms with van der Waals surface area (Å²) in [4.78, 5) is 4.37. The van der Waals surface area contributed by atoms with E-state index in [1.54, 1.807) is 0 Å².